The number of anilines is 2. The van der Waals surface area contributed by atoms with E-state index in [1.54, 1.807) is 0 Å². The predicted octanol–water partition coefficient (Wildman–Crippen LogP) is 5.29. The minimum absolute atomic E-state index is 0.192. The van der Waals surface area contributed by atoms with Crippen molar-refractivity contribution in [2.75, 3.05) is 49.6 Å². The summed E-state index contributed by atoms with van der Waals surface area (Å²) in [5, 5.41) is 2.99. The van der Waals surface area contributed by atoms with E-state index in [4.69, 9.17) is 26.3 Å². The lowest BCUT2D eigenvalue weighted by molar-refractivity contribution is -0.120. The Bertz CT molecular complexity index is 1490. The van der Waals surface area contributed by atoms with E-state index in [0.29, 0.717) is 31.1 Å². The number of piperidine rings is 1. The molecule has 208 valence electrons. The predicted molar refractivity (Wildman–Crippen MR) is 159 cm³/mol. The number of ether oxygens (including phenoxy) is 1. The summed E-state index contributed by atoms with van der Waals surface area (Å²) in [5.41, 5.74) is 3.16. The Kier molecular flexibility index (Phi) is 6.47. The topological polar surface area (TPSA) is 61.8 Å². The minimum Gasteiger partial charge on any atom is -0.462 e. The van der Waals surface area contributed by atoms with Crippen LogP contribution >= 0.6 is 11.6 Å². The average Bonchev–Trinajstić information content (AvgIpc) is 3.59. The van der Waals surface area contributed by atoms with Crippen LogP contribution in [0.2, 0.25) is 5.02 Å². The van der Waals surface area contributed by atoms with Gasteiger partial charge in [-0.3, -0.25) is 4.79 Å². The number of hydrogen-bond donors (Lipinski definition) is 0. The van der Waals surface area contributed by atoms with Crippen molar-refractivity contribution in [1.29, 1.82) is 0 Å². The molecular weight excluding hydrogens is 522 g/mol. The molecule has 4 aliphatic rings. The van der Waals surface area contributed by atoms with E-state index in [1.807, 2.05) is 12.1 Å². The van der Waals surface area contributed by atoms with Crippen LogP contribution in [0.4, 0.5) is 11.5 Å². The second kappa shape index (κ2) is 10.0. The third-order valence-corrected chi connectivity index (χ3v) is 10.1. The number of carbonyl (C=O) groups excluding carboxylic acids is 1. The number of aromatic nitrogens is 2. The quantitative estimate of drug-likeness (QED) is 0.366. The molecule has 0 spiro atoms. The molecule has 40 heavy (non-hydrogen) atoms. The Hall–Kier alpha value is -3.16. The number of fused-ring (bicyclic) bond motifs is 3. The number of benzene rings is 2. The molecular formula is C32H36ClN5O2. The van der Waals surface area contributed by atoms with E-state index in [2.05, 4.69) is 52.6 Å². The first-order valence-corrected chi connectivity index (χ1v) is 14.9. The number of rotatable bonds is 7. The van der Waals surface area contributed by atoms with Gasteiger partial charge in [-0.05, 0) is 75.2 Å². The molecule has 1 saturated carbocycles. The van der Waals surface area contributed by atoms with E-state index < -0.39 is 0 Å². The molecule has 8 heteroatoms. The largest absolute Gasteiger partial charge is 0.462 e. The summed E-state index contributed by atoms with van der Waals surface area (Å²) >= 11 is 6.70. The van der Waals surface area contributed by atoms with Crippen LogP contribution in [-0.4, -0.2) is 66.5 Å². The van der Waals surface area contributed by atoms with Gasteiger partial charge in [0.2, 0.25) is 0 Å². The third-order valence-electron chi connectivity index (χ3n) is 9.75. The molecule has 4 heterocycles. The fraction of sp³-hybridized carbons (Fsp3) is 0.469. The number of allylic oxidation sites excluding steroid dienone is 1. The van der Waals surface area contributed by atoms with Crippen molar-refractivity contribution in [1.82, 2.24) is 14.9 Å². The molecule has 2 saturated heterocycles. The Morgan fingerprint density at radius 2 is 2.02 bits per heavy atom. The van der Waals surface area contributed by atoms with Crippen LogP contribution in [0.1, 0.15) is 36.9 Å². The smallest absolute Gasteiger partial charge is 0.318 e. The summed E-state index contributed by atoms with van der Waals surface area (Å²) in [6, 6.07) is 13.3. The van der Waals surface area contributed by atoms with Crippen molar-refractivity contribution in [3.63, 3.8) is 0 Å². The summed E-state index contributed by atoms with van der Waals surface area (Å²) in [6.45, 7) is 8.64. The average molecular weight is 558 g/mol. The normalized spacial score (nSPS) is 25.9. The van der Waals surface area contributed by atoms with Gasteiger partial charge in [0.1, 0.15) is 12.4 Å². The molecule has 3 aliphatic heterocycles. The van der Waals surface area contributed by atoms with Crippen molar-refractivity contribution in [3.8, 4) is 6.01 Å². The van der Waals surface area contributed by atoms with Gasteiger partial charge in [0.25, 0.3) is 0 Å². The fourth-order valence-electron chi connectivity index (χ4n) is 7.26. The first kappa shape index (κ1) is 25.8. The van der Waals surface area contributed by atoms with Gasteiger partial charge >= 0.3 is 6.01 Å². The molecule has 7 nitrogen and oxygen atoms in total. The highest BCUT2D eigenvalue weighted by Crippen LogP contribution is 2.59. The molecule has 1 aliphatic carbocycles. The Balaban J connectivity index is 1.21. The van der Waals surface area contributed by atoms with Crippen molar-refractivity contribution in [3.05, 3.63) is 65.3 Å². The van der Waals surface area contributed by atoms with Gasteiger partial charge in [-0.2, -0.15) is 9.97 Å². The van der Waals surface area contributed by atoms with Crippen molar-refractivity contribution < 1.29 is 9.53 Å². The standard InChI is InChI=1S/C32H36ClN5O2/c1-3-28(39)32-13-16-38(18-22(32)17-32)30-24-12-15-37(27-11-5-8-21-7-4-10-25(33)29(21)27)19-26(24)34-31(35-30)40-20-23-9-6-14-36(23)2/h3-5,7-8,10-11,22-23H,1,6,9,12-20H2,2H3/t22-,23-,32?/m0/s1. The molecule has 1 unspecified atom stereocenters. The van der Waals surface area contributed by atoms with E-state index in [9.17, 15) is 4.79 Å². The lowest BCUT2D eigenvalue weighted by atomic mass is 9.90. The molecule has 0 bridgehead atoms. The third kappa shape index (κ3) is 4.34. The van der Waals surface area contributed by atoms with Crippen LogP contribution in [-0.2, 0) is 17.8 Å². The van der Waals surface area contributed by atoms with Crippen LogP contribution in [0.15, 0.2) is 49.1 Å². The van der Waals surface area contributed by atoms with E-state index in [-0.39, 0.29) is 11.2 Å². The monoisotopic (exact) mass is 557 g/mol. The second-order valence-corrected chi connectivity index (χ2v) is 12.4. The van der Waals surface area contributed by atoms with Crippen molar-refractivity contribution in [2.24, 2.45) is 11.3 Å². The van der Waals surface area contributed by atoms with Gasteiger partial charge in [-0.15, -0.1) is 0 Å². The lowest BCUT2D eigenvalue weighted by Crippen LogP contribution is -2.40. The molecule has 3 aromatic rings. The molecule has 2 aromatic carbocycles. The second-order valence-electron chi connectivity index (χ2n) is 12.0. The van der Waals surface area contributed by atoms with Crippen LogP contribution in [0.25, 0.3) is 10.8 Å². The fourth-order valence-corrected chi connectivity index (χ4v) is 7.54. The SMILES string of the molecule is C=CC(=O)C12CCN(c3nc(OC[C@@H]4CCCN4C)nc4c3CCN(c3cccc5cccc(Cl)c35)C4)C[C@@H]1C2. The minimum atomic E-state index is -0.192. The highest BCUT2D eigenvalue weighted by molar-refractivity contribution is 6.36. The zero-order valence-corrected chi connectivity index (χ0v) is 23.9. The van der Waals surface area contributed by atoms with Crippen molar-refractivity contribution >= 4 is 39.7 Å². The number of nitrogens with zero attached hydrogens (tertiary/aromatic N) is 5. The molecule has 7 rings (SSSR count). The Labute approximate surface area is 240 Å². The van der Waals surface area contributed by atoms with Crippen LogP contribution in [0, 0.1) is 11.3 Å². The summed E-state index contributed by atoms with van der Waals surface area (Å²) in [6.07, 6.45) is 6.50. The summed E-state index contributed by atoms with van der Waals surface area (Å²) < 4.78 is 6.30. The van der Waals surface area contributed by atoms with Crippen molar-refractivity contribution in [2.45, 2.75) is 44.7 Å². The Morgan fingerprint density at radius 3 is 2.80 bits per heavy atom. The van der Waals surface area contributed by atoms with E-state index >= 15 is 0 Å². The molecule has 0 N–H and O–H groups in total. The first-order chi connectivity index (χ1) is 19.5. The zero-order chi connectivity index (χ0) is 27.4. The highest BCUT2D eigenvalue weighted by Gasteiger charge is 2.60. The van der Waals surface area contributed by atoms with E-state index in [1.165, 1.54) is 18.1 Å². The summed E-state index contributed by atoms with van der Waals surface area (Å²) in [7, 11) is 2.16. The van der Waals surface area contributed by atoms with Gasteiger partial charge in [0.15, 0.2) is 5.78 Å². The zero-order valence-electron chi connectivity index (χ0n) is 23.1. The number of likely N-dealkylation sites (N-methyl/N-ethyl adjacent to an activating group) is 1. The van der Waals surface area contributed by atoms with Gasteiger partial charge in [0, 0.05) is 47.7 Å². The number of carbonyl (C=O) groups is 1. The number of hydrogen-bond acceptors (Lipinski definition) is 7. The van der Waals surface area contributed by atoms with Gasteiger partial charge in [-0.25, -0.2) is 0 Å². The molecule has 0 amide bonds. The van der Waals surface area contributed by atoms with Gasteiger partial charge in [0.05, 0.1) is 17.3 Å². The van der Waals surface area contributed by atoms with Gasteiger partial charge < -0.3 is 19.4 Å². The maximum absolute atomic E-state index is 12.6. The highest BCUT2D eigenvalue weighted by atomic mass is 35.5. The number of likely N-dealkylation sites (tertiary alicyclic amines) is 1. The number of ketones is 1. The first-order valence-electron chi connectivity index (χ1n) is 14.5. The lowest BCUT2D eigenvalue weighted by Gasteiger charge is -2.36. The molecule has 0 radical (unpaired) electrons. The number of halogens is 1. The summed E-state index contributed by atoms with van der Waals surface area (Å²) in [5.74, 6) is 1.56. The maximum Gasteiger partial charge on any atom is 0.318 e. The molecule has 3 atom stereocenters. The molecule has 1 aromatic heterocycles. The van der Waals surface area contributed by atoms with Crippen LogP contribution < -0.4 is 14.5 Å². The maximum atomic E-state index is 12.6. The van der Waals surface area contributed by atoms with E-state index in [0.717, 1.165) is 84.9 Å². The summed E-state index contributed by atoms with van der Waals surface area (Å²) in [4.78, 5) is 29.7. The Morgan fingerprint density at radius 1 is 1.18 bits per heavy atom. The van der Waals surface area contributed by atoms with Crippen LogP contribution in [0.3, 0.4) is 0 Å². The van der Waals surface area contributed by atoms with Crippen LogP contribution in [0.5, 0.6) is 6.01 Å². The molecule has 3 fully saturated rings. The van der Waals surface area contributed by atoms with Gasteiger partial charge in [-0.1, -0.05) is 42.4 Å².